The van der Waals surface area contributed by atoms with Crippen LogP contribution in [-0.4, -0.2) is 19.8 Å². The first-order chi connectivity index (χ1) is 9.20. The Morgan fingerprint density at radius 1 is 1.47 bits per heavy atom. The van der Waals surface area contributed by atoms with Crippen LogP contribution in [0.15, 0.2) is 22.7 Å². The molecule has 1 aromatic carbocycles. The van der Waals surface area contributed by atoms with Crippen molar-refractivity contribution in [2.45, 2.75) is 51.2 Å². The van der Waals surface area contributed by atoms with Crippen LogP contribution in [0.3, 0.4) is 0 Å². The van der Waals surface area contributed by atoms with Crippen LogP contribution in [-0.2, 0) is 4.74 Å². The Bertz CT molecular complexity index is 402. The van der Waals surface area contributed by atoms with E-state index < -0.39 is 0 Å². The smallest absolute Gasteiger partial charge is 0.0576 e. The highest BCUT2D eigenvalue weighted by Crippen LogP contribution is 2.28. The van der Waals surface area contributed by atoms with Gasteiger partial charge >= 0.3 is 0 Å². The van der Waals surface area contributed by atoms with E-state index in [0.29, 0.717) is 12.1 Å². The maximum absolute atomic E-state index is 5.68. The largest absolute Gasteiger partial charge is 0.378 e. The van der Waals surface area contributed by atoms with Crippen molar-refractivity contribution in [3.8, 4) is 0 Å². The fourth-order valence-electron chi connectivity index (χ4n) is 2.79. The molecule has 2 nitrogen and oxygen atoms in total. The number of rotatable bonds is 6. The quantitative estimate of drug-likeness (QED) is 0.838. The van der Waals surface area contributed by atoms with Crippen LogP contribution in [0, 0.1) is 6.92 Å². The molecule has 1 N–H and O–H groups in total. The highest BCUT2D eigenvalue weighted by molar-refractivity contribution is 9.10. The minimum atomic E-state index is 0.427. The van der Waals surface area contributed by atoms with Gasteiger partial charge in [-0.2, -0.15) is 0 Å². The van der Waals surface area contributed by atoms with E-state index in [1.54, 1.807) is 0 Å². The zero-order valence-electron chi connectivity index (χ0n) is 11.9. The van der Waals surface area contributed by atoms with Crippen LogP contribution < -0.4 is 5.32 Å². The molecule has 1 aliphatic heterocycles. The molecule has 0 saturated carbocycles. The summed E-state index contributed by atoms with van der Waals surface area (Å²) in [6, 6.07) is 7.04. The van der Waals surface area contributed by atoms with Gasteiger partial charge in [0.25, 0.3) is 0 Å². The third-order valence-corrected chi connectivity index (χ3v) is 4.61. The zero-order chi connectivity index (χ0) is 13.7. The van der Waals surface area contributed by atoms with Gasteiger partial charge in [-0.15, -0.1) is 0 Å². The third kappa shape index (κ3) is 4.30. The zero-order valence-corrected chi connectivity index (χ0v) is 13.5. The van der Waals surface area contributed by atoms with E-state index in [1.807, 2.05) is 7.05 Å². The summed E-state index contributed by atoms with van der Waals surface area (Å²) >= 11 is 3.68. The van der Waals surface area contributed by atoms with Crippen molar-refractivity contribution in [1.82, 2.24) is 5.32 Å². The highest BCUT2D eigenvalue weighted by Gasteiger charge is 2.17. The van der Waals surface area contributed by atoms with Crippen LogP contribution in [0.5, 0.6) is 0 Å². The molecule has 1 aliphatic rings. The maximum atomic E-state index is 5.68. The predicted octanol–water partition coefficient (Wildman–Crippen LogP) is 4.37. The molecule has 2 atom stereocenters. The number of benzene rings is 1. The fourth-order valence-corrected chi connectivity index (χ4v) is 3.56. The lowest BCUT2D eigenvalue weighted by Gasteiger charge is -2.19. The number of hydrogen-bond acceptors (Lipinski definition) is 2. The van der Waals surface area contributed by atoms with Gasteiger partial charge in [0.15, 0.2) is 0 Å². The molecule has 0 aromatic heterocycles. The number of hydrogen-bond donors (Lipinski definition) is 1. The Balaban J connectivity index is 1.88. The van der Waals surface area contributed by atoms with Crippen molar-refractivity contribution >= 4 is 15.9 Å². The first-order valence-electron chi connectivity index (χ1n) is 7.25. The lowest BCUT2D eigenvalue weighted by atomic mass is 9.98. The van der Waals surface area contributed by atoms with Gasteiger partial charge in [0.05, 0.1) is 6.10 Å². The third-order valence-electron chi connectivity index (χ3n) is 3.92. The van der Waals surface area contributed by atoms with Gasteiger partial charge in [0.1, 0.15) is 0 Å². The summed E-state index contributed by atoms with van der Waals surface area (Å²) in [5.74, 6) is 0. The lowest BCUT2D eigenvalue weighted by molar-refractivity contribution is 0.101. The molecule has 2 unspecified atom stereocenters. The lowest BCUT2D eigenvalue weighted by Crippen LogP contribution is -2.17. The molecule has 106 valence electrons. The molecule has 1 heterocycles. The Morgan fingerprint density at radius 2 is 2.32 bits per heavy atom. The van der Waals surface area contributed by atoms with E-state index in [4.69, 9.17) is 4.74 Å². The summed E-state index contributed by atoms with van der Waals surface area (Å²) in [5.41, 5.74) is 2.66. The molecule has 19 heavy (non-hydrogen) atoms. The maximum Gasteiger partial charge on any atom is 0.0576 e. The van der Waals surface area contributed by atoms with Crippen molar-refractivity contribution < 1.29 is 4.74 Å². The Kier molecular flexibility index (Phi) is 5.86. The van der Waals surface area contributed by atoms with Crippen LogP contribution in [0.1, 0.15) is 49.3 Å². The summed E-state index contributed by atoms with van der Waals surface area (Å²) in [5, 5.41) is 3.43. The van der Waals surface area contributed by atoms with Crippen LogP contribution in [0.25, 0.3) is 0 Å². The number of ether oxygens (including phenoxy) is 1. The second-order valence-corrected chi connectivity index (χ2v) is 6.29. The number of aryl methyl sites for hydroxylation is 1. The van der Waals surface area contributed by atoms with Gasteiger partial charge < -0.3 is 10.1 Å². The topological polar surface area (TPSA) is 21.3 Å². The van der Waals surface area contributed by atoms with Gasteiger partial charge in [-0.25, -0.2) is 0 Å². The molecule has 2 rings (SSSR count). The molecule has 0 spiro atoms. The summed E-state index contributed by atoms with van der Waals surface area (Å²) in [6.45, 7) is 3.09. The second kappa shape index (κ2) is 7.41. The molecule has 1 aromatic rings. The van der Waals surface area contributed by atoms with Crippen molar-refractivity contribution in [3.05, 3.63) is 33.8 Å². The Hall–Kier alpha value is -0.380. The summed E-state index contributed by atoms with van der Waals surface area (Å²) in [6.07, 6.45) is 6.58. The molecule has 1 saturated heterocycles. The van der Waals surface area contributed by atoms with Gasteiger partial charge in [-0.05, 0) is 63.3 Å². The SMILES string of the molecule is CNC(CCCC1CCCO1)c1ccc(C)cc1Br. The van der Waals surface area contributed by atoms with Crippen molar-refractivity contribution in [3.63, 3.8) is 0 Å². The fraction of sp³-hybridized carbons (Fsp3) is 0.625. The minimum absolute atomic E-state index is 0.427. The number of nitrogens with one attached hydrogen (secondary N) is 1. The molecule has 0 aliphatic carbocycles. The van der Waals surface area contributed by atoms with Gasteiger partial charge in [0.2, 0.25) is 0 Å². The normalized spacial score (nSPS) is 20.7. The van der Waals surface area contributed by atoms with E-state index >= 15 is 0 Å². The van der Waals surface area contributed by atoms with Gasteiger partial charge in [-0.3, -0.25) is 0 Å². The highest BCUT2D eigenvalue weighted by atomic mass is 79.9. The number of halogens is 1. The van der Waals surface area contributed by atoms with Crippen LogP contribution >= 0.6 is 15.9 Å². The molecule has 0 radical (unpaired) electrons. The van der Waals surface area contributed by atoms with Crippen molar-refractivity contribution in [1.29, 1.82) is 0 Å². The predicted molar refractivity (Wildman–Crippen MR) is 83.5 cm³/mol. The van der Waals surface area contributed by atoms with Crippen molar-refractivity contribution in [2.24, 2.45) is 0 Å². The van der Waals surface area contributed by atoms with Gasteiger partial charge in [-0.1, -0.05) is 28.1 Å². The van der Waals surface area contributed by atoms with Crippen LogP contribution in [0.2, 0.25) is 0 Å². The summed E-state index contributed by atoms with van der Waals surface area (Å²) in [4.78, 5) is 0. The molecule has 1 fully saturated rings. The van der Waals surface area contributed by atoms with E-state index in [-0.39, 0.29) is 0 Å². The first-order valence-corrected chi connectivity index (χ1v) is 8.05. The Morgan fingerprint density at radius 3 is 2.95 bits per heavy atom. The van der Waals surface area contributed by atoms with E-state index in [0.717, 1.165) is 13.0 Å². The molecular weight excluding hydrogens is 302 g/mol. The average molecular weight is 326 g/mol. The van der Waals surface area contributed by atoms with E-state index in [9.17, 15) is 0 Å². The molecule has 0 amide bonds. The molecule has 0 bridgehead atoms. The van der Waals surface area contributed by atoms with Gasteiger partial charge in [0, 0.05) is 17.1 Å². The minimum Gasteiger partial charge on any atom is -0.378 e. The molecule has 3 heteroatoms. The average Bonchev–Trinajstić information content (AvgIpc) is 2.89. The Labute approximate surface area is 125 Å². The van der Waals surface area contributed by atoms with E-state index in [1.165, 1.54) is 41.3 Å². The van der Waals surface area contributed by atoms with E-state index in [2.05, 4.69) is 46.4 Å². The second-order valence-electron chi connectivity index (χ2n) is 5.43. The van der Waals surface area contributed by atoms with Crippen molar-refractivity contribution in [2.75, 3.05) is 13.7 Å². The monoisotopic (exact) mass is 325 g/mol. The summed E-state index contributed by atoms with van der Waals surface area (Å²) < 4.78 is 6.90. The standard InChI is InChI=1S/C16H24BrNO/c1-12-8-9-14(15(17)11-12)16(18-2)7-3-5-13-6-4-10-19-13/h8-9,11,13,16,18H,3-7,10H2,1-2H3. The summed E-state index contributed by atoms with van der Waals surface area (Å²) in [7, 11) is 2.04. The molecular formula is C16H24BrNO. The first kappa shape index (κ1) is 15.0. The van der Waals surface area contributed by atoms with Crippen LogP contribution in [0.4, 0.5) is 0 Å².